The van der Waals surface area contributed by atoms with Crippen LogP contribution in [0.25, 0.3) is 0 Å². The Kier molecular flexibility index (Phi) is 3.99. The highest BCUT2D eigenvalue weighted by Gasteiger charge is 2.14. The topological polar surface area (TPSA) is 89.3 Å². The molecule has 0 spiro atoms. The minimum Gasteiger partial charge on any atom is -0.280 e. The summed E-state index contributed by atoms with van der Waals surface area (Å²) in [7, 11) is -3.68. The Morgan fingerprint density at radius 2 is 1.60 bits per heavy atom. The minimum absolute atomic E-state index is 0.0634. The van der Waals surface area contributed by atoms with Crippen LogP contribution in [0.5, 0.6) is 0 Å². The van der Waals surface area contributed by atoms with Gasteiger partial charge in [-0.15, -0.1) is 0 Å². The standard InChI is InChI=1S/C13H12N2O4S/c16-15(17)10-11-6-8-13(9-7-11)20(18,19)14-12-4-2-1-3-5-12/h1-9,14H,10H2. The molecule has 0 fully saturated rings. The lowest BCUT2D eigenvalue weighted by Gasteiger charge is -2.08. The van der Waals surface area contributed by atoms with Crippen molar-refractivity contribution in [3.63, 3.8) is 0 Å². The Morgan fingerprint density at radius 1 is 1.00 bits per heavy atom. The maximum atomic E-state index is 12.1. The molecule has 0 saturated carbocycles. The molecule has 1 N–H and O–H groups in total. The van der Waals surface area contributed by atoms with Crippen molar-refractivity contribution >= 4 is 15.7 Å². The van der Waals surface area contributed by atoms with Gasteiger partial charge in [-0.05, 0) is 24.3 Å². The Hall–Kier alpha value is -2.41. The maximum Gasteiger partial charge on any atom is 0.261 e. The van der Waals surface area contributed by atoms with Crippen LogP contribution >= 0.6 is 0 Å². The van der Waals surface area contributed by atoms with Crippen molar-refractivity contribution in [2.24, 2.45) is 0 Å². The van der Waals surface area contributed by atoms with E-state index in [4.69, 9.17) is 0 Å². The molecule has 0 amide bonds. The number of benzene rings is 2. The SMILES string of the molecule is O=[N+]([O-])Cc1ccc(S(=O)(=O)Nc2ccccc2)cc1. The first-order valence-corrected chi connectivity index (χ1v) is 7.24. The van der Waals surface area contributed by atoms with Crippen LogP contribution in [0.4, 0.5) is 5.69 Å². The summed E-state index contributed by atoms with van der Waals surface area (Å²) in [6.45, 7) is -0.327. The molecule has 104 valence electrons. The molecular weight excluding hydrogens is 280 g/mol. The quantitative estimate of drug-likeness (QED) is 0.676. The van der Waals surface area contributed by atoms with Crippen LogP contribution < -0.4 is 4.72 Å². The molecule has 0 aliphatic rings. The Labute approximate surface area is 116 Å². The zero-order chi connectivity index (χ0) is 14.6. The molecule has 0 heterocycles. The van der Waals surface area contributed by atoms with Crippen LogP contribution in [0.2, 0.25) is 0 Å². The molecule has 0 aromatic heterocycles. The predicted molar refractivity (Wildman–Crippen MR) is 74.4 cm³/mol. The van der Waals surface area contributed by atoms with Crippen molar-refractivity contribution < 1.29 is 13.3 Å². The Morgan fingerprint density at radius 3 is 2.15 bits per heavy atom. The smallest absolute Gasteiger partial charge is 0.261 e. The molecule has 0 aliphatic heterocycles. The summed E-state index contributed by atoms with van der Waals surface area (Å²) in [5.74, 6) is 0. The number of nitro groups is 1. The monoisotopic (exact) mass is 292 g/mol. The fraction of sp³-hybridized carbons (Fsp3) is 0.0769. The van der Waals surface area contributed by atoms with Crippen molar-refractivity contribution in [3.05, 3.63) is 70.3 Å². The number of hydrogen-bond donors (Lipinski definition) is 1. The summed E-state index contributed by atoms with van der Waals surface area (Å²) in [5.41, 5.74) is 0.913. The average molecular weight is 292 g/mol. The van der Waals surface area contributed by atoms with Crippen LogP contribution in [-0.4, -0.2) is 13.3 Å². The van der Waals surface area contributed by atoms with Crippen LogP contribution in [-0.2, 0) is 16.6 Å². The summed E-state index contributed by atoms with van der Waals surface area (Å²) in [5, 5.41) is 10.4. The third-order valence-corrected chi connectivity index (χ3v) is 3.97. The highest BCUT2D eigenvalue weighted by atomic mass is 32.2. The Bertz CT molecular complexity index is 697. The van der Waals surface area contributed by atoms with Gasteiger partial charge in [0.25, 0.3) is 10.0 Å². The minimum atomic E-state index is -3.68. The van der Waals surface area contributed by atoms with Crippen molar-refractivity contribution in [3.8, 4) is 0 Å². The van der Waals surface area contributed by atoms with E-state index in [1.54, 1.807) is 30.3 Å². The molecule has 2 aromatic rings. The lowest BCUT2D eigenvalue weighted by molar-refractivity contribution is -0.496. The van der Waals surface area contributed by atoms with Gasteiger partial charge in [-0.25, -0.2) is 8.42 Å². The molecule has 2 aromatic carbocycles. The highest BCUT2D eigenvalue weighted by molar-refractivity contribution is 7.92. The number of hydrogen-bond acceptors (Lipinski definition) is 4. The molecule has 0 unspecified atom stereocenters. The van der Waals surface area contributed by atoms with Gasteiger partial charge in [0.15, 0.2) is 0 Å². The van der Waals surface area contributed by atoms with E-state index in [2.05, 4.69) is 4.72 Å². The Balaban J connectivity index is 2.19. The van der Waals surface area contributed by atoms with Gasteiger partial charge in [0, 0.05) is 16.2 Å². The van der Waals surface area contributed by atoms with Gasteiger partial charge in [0.1, 0.15) is 0 Å². The molecule has 20 heavy (non-hydrogen) atoms. The number of para-hydroxylation sites is 1. The molecule has 0 saturated heterocycles. The van der Waals surface area contributed by atoms with Crippen LogP contribution in [0.3, 0.4) is 0 Å². The van der Waals surface area contributed by atoms with Gasteiger partial charge in [-0.3, -0.25) is 14.8 Å². The van der Waals surface area contributed by atoms with Gasteiger partial charge < -0.3 is 0 Å². The first-order chi connectivity index (χ1) is 9.47. The van der Waals surface area contributed by atoms with Gasteiger partial charge in [0.05, 0.1) is 4.90 Å². The molecular formula is C13H12N2O4S. The van der Waals surface area contributed by atoms with Crippen LogP contribution in [0.1, 0.15) is 5.56 Å². The number of nitrogens with one attached hydrogen (secondary N) is 1. The lowest BCUT2D eigenvalue weighted by Crippen LogP contribution is -2.12. The summed E-state index contributed by atoms with van der Waals surface area (Å²) >= 11 is 0. The number of sulfonamides is 1. The first-order valence-electron chi connectivity index (χ1n) is 5.76. The lowest BCUT2D eigenvalue weighted by atomic mass is 10.2. The first kappa shape index (κ1) is 14.0. The van der Waals surface area contributed by atoms with E-state index in [9.17, 15) is 18.5 Å². The van der Waals surface area contributed by atoms with Crippen molar-refractivity contribution in [2.75, 3.05) is 4.72 Å². The van der Waals surface area contributed by atoms with Gasteiger partial charge >= 0.3 is 0 Å². The summed E-state index contributed by atoms with van der Waals surface area (Å²) in [6, 6.07) is 14.1. The van der Waals surface area contributed by atoms with E-state index < -0.39 is 14.9 Å². The second kappa shape index (κ2) is 5.70. The van der Waals surface area contributed by atoms with Gasteiger partial charge in [-0.1, -0.05) is 30.3 Å². The fourth-order valence-corrected chi connectivity index (χ4v) is 2.70. The summed E-state index contributed by atoms with van der Waals surface area (Å²) in [4.78, 5) is 9.96. The summed E-state index contributed by atoms with van der Waals surface area (Å²) < 4.78 is 26.6. The van der Waals surface area contributed by atoms with E-state index >= 15 is 0 Å². The number of rotatable bonds is 5. The van der Waals surface area contributed by atoms with E-state index in [1.807, 2.05) is 0 Å². The van der Waals surface area contributed by atoms with Crippen molar-refractivity contribution in [2.45, 2.75) is 11.4 Å². The van der Waals surface area contributed by atoms with Crippen LogP contribution in [0, 0.1) is 10.1 Å². The normalized spacial score (nSPS) is 11.0. The molecule has 7 heteroatoms. The summed E-state index contributed by atoms with van der Waals surface area (Å²) in [6.07, 6.45) is 0. The van der Waals surface area contributed by atoms with E-state index in [-0.39, 0.29) is 11.4 Å². The van der Waals surface area contributed by atoms with Gasteiger partial charge in [-0.2, -0.15) is 0 Å². The average Bonchev–Trinajstić information content (AvgIpc) is 2.39. The fourth-order valence-electron chi connectivity index (χ4n) is 1.64. The third-order valence-electron chi connectivity index (χ3n) is 2.57. The van der Waals surface area contributed by atoms with E-state index in [0.29, 0.717) is 11.3 Å². The molecule has 6 nitrogen and oxygen atoms in total. The number of anilines is 1. The molecule has 0 atom stereocenters. The zero-order valence-electron chi connectivity index (χ0n) is 10.4. The third kappa shape index (κ3) is 3.55. The number of nitrogens with zero attached hydrogens (tertiary/aromatic N) is 1. The molecule has 0 aliphatic carbocycles. The maximum absolute atomic E-state index is 12.1. The van der Waals surface area contributed by atoms with E-state index in [0.717, 1.165) is 0 Å². The molecule has 2 rings (SSSR count). The van der Waals surface area contributed by atoms with Gasteiger partial charge in [0.2, 0.25) is 6.54 Å². The van der Waals surface area contributed by atoms with Crippen LogP contribution in [0.15, 0.2) is 59.5 Å². The second-order valence-corrected chi connectivity index (χ2v) is 5.79. The molecule has 0 bridgehead atoms. The predicted octanol–water partition coefficient (Wildman–Crippen LogP) is 2.26. The van der Waals surface area contributed by atoms with Crippen molar-refractivity contribution in [1.82, 2.24) is 0 Å². The van der Waals surface area contributed by atoms with Crippen molar-refractivity contribution in [1.29, 1.82) is 0 Å². The second-order valence-electron chi connectivity index (χ2n) is 4.11. The highest BCUT2D eigenvalue weighted by Crippen LogP contribution is 2.16. The van der Waals surface area contributed by atoms with E-state index in [1.165, 1.54) is 24.3 Å². The molecule has 0 radical (unpaired) electrons. The largest absolute Gasteiger partial charge is 0.280 e. The zero-order valence-corrected chi connectivity index (χ0v) is 11.2.